The zero-order valence-corrected chi connectivity index (χ0v) is 11.3. The molecule has 0 spiro atoms. The number of carbonyl (C=O) groups is 1. The minimum Gasteiger partial charge on any atom is -0.337 e. The molecule has 2 aromatic rings. The second kappa shape index (κ2) is 4.92. The van der Waals surface area contributed by atoms with Crippen LogP contribution in [0.25, 0.3) is 0 Å². The number of hydrogen-bond donors (Lipinski definition) is 1. The molecule has 104 valence electrons. The highest BCUT2D eigenvalue weighted by atomic mass is 16.5. The van der Waals surface area contributed by atoms with Crippen LogP contribution in [0.1, 0.15) is 29.0 Å². The molecule has 3 heterocycles. The highest BCUT2D eigenvalue weighted by molar-refractivity contribution is 5.76. The van der Waals surface area contributed by atoms with Gasteiger partial charge in [0.25, 0.3) is 5.89 Å². The van der Waals surface area contributed by atoms with Crippen molar-refractivity contribution in [3.05, 3.63) is 41.3 Å². The maximum absolute atomic E-state index is 11.4. The molecule has 1 N–H and O–H groups in total. The Morgan fingerprint density at radius 2 is 2.35 bits per heavy atom. The molecule has 1 saturated heterocycles. The van der Waals surface area contributed by atoms with Gasteiger partial charge in [-0.25, -0.2) is 4.79 Å². The van der Waals surface area contributed by atoms with Crippen LogP contribution in [-0.4, -0.2) is 39.6 Å². The van der Waals surface area contributed by atoms with Crippen molar-refractivity contribution in [1.29, 1.82) is 0 Å². The van der Waals surface area contributed by atoms with Crippen LogP contribution in [0.2, 0.25) is 0 Å². The second-order valence-corrected chi connectivity index (χ2v) is 4.92. The van der Waals surface area contributed by atoms with Gasteiger partial charge in [0.05, 0.1) is 6.54 Å². The summed E-state index contributed by atoms with van der Waals surface area (Å²) in [5, 5.41) is 6.73. The summed E-state index contributed by atoms with van der Waals surface area (Å²) in [7, 11) is 1.73. The zero-order valence-electron chi connectivity index (χ0n) is 11.3. The van der Waals surface area contributed by atoms with E-state index < -0.39 is 0 Å². The Morgan fingerprint density at radius 1 is 1.50 bits per heavy atom. The standard InChI is InChI=1S/C13H15N5O2/c1-8-3-4-9(6-14-8)5-11-16-12(20-17-11)10-7-18(2)13(19)15-10/h3-4,6,10H,5,7H2,1-2H3,(H,15,19). The number of aromatic nitrogens is 3. The van der Waals surface area contributed by atoms with E-state index >= 15 is 0 Å². The molecule has 20 heavy (non-hydrogen) atoms. The molecule has 1 unspecified atom stereocenters. The lowest BCUT2D eigenvalue weighted by Crippen LogP contribution is -2.24. The fraction of sp³-hybridized carbons (Fsp3) is 0.385. The zero-order chi connectivity index (χ0) is 14.1. The van der Waals surface area contributed by atoms with Gasteiger partial charge in [0.1, 0.15) is 6.04 Å². The molecule has 0 aliphatic carbocycles. The lowest BCUT2D eigenvalue weighted by atomic mass is 10.2. The van der Waals surface area contributed by atoms with Crippen molar-refractivity contribution in [2.24, 2.45) is 0 Å². The molecule has 2 aromatic heterocycles. The Hall–Kier alpha value is -2.44. The predicted octanol–water partition coefficient (Wildman–Crippen LogP) is 1.06. The normalized spacial score (nSPS) is 18.4. The summed E-state index contributed by atoms with van der Waals surface area (Å²) < 4.78 is 5.22. The first-order valence-electron chi connectivity index (χ1n) is 6.37. The summed E-state index contributed by atoms with van der Waals surface area (Å²) >= 11 is 0. The average molecular weight is 273 g/mol. The lowest BCUT2D eigenvalue weighted by Gasteiger charge is -2.03. The number of carbonyl (C=O) groups excluding carboxylic acids is 1. The molecule has 1 fully saturated rings. The first-order chi connectivity index (χ1) is 9.61. The molecular weight excluding hydrogens is 258 g/mol. The van der Waals surface area contributed by atoms with Gasteiger partial charge in [-0.1, -0.05) is 11.2 Å². The van der Waals surface area contributed by atoms with Crippen LogP contribution in [-0.2, 0) is 6.42 Å². The Balaban J connectivity index is 1.71. The van der Waals surface area contributed by atoms with E-state index in [1.165, 1.54) is 0 Å². The van der Waals surface area contributed by atoms with E-state index in [1.54, 1.807) is 18.1 Å². The van der Waals surface area contributed by atoms with E-state index in [0.29, 0.717) is 24.7 Å². The monoisotopic (exact) mass is 273 g/mol. The van der Waals surface area contributed by atoms with Crippen LogP contribution in [0.5, 0.6) is 0 Å². The van der Waals surface area contributed by atoms with E-state index in [2.05, 4.69) is 20.4 Å². The number of urea groups is 1. The maximum Gasteiger partial charge on any atom is 0.317 e. The van der Waals surface area contributed by atoms with E-state index in [-0.39, 0.29) is 12.1 Å². The van der Waals surface area contributed by atoms with Gasteiger partial charge in [-0.15, -0.1) is 0 Å². The van der Waals surface area contributed by atoms with E-state index in [9.17, 15) is 4.79 Å². The molecule has 7 heteroatoms. The molecule has 0 radical (unpaired) electrons. The quantitative estimate of drug-likeness (QED) is 0.904. The van der Waals surface area contributed by atoms with Crippen molar-refractivity contribution < 1.29 is 9.32 Å². The molecule has 1 aliphatic heterocycles. The maximum atomic E-state index is 11.4. The van der Waals surface area contributed by atoms with Gasteiger partial charge in [-0.2, -0.15) is 4.98 Å². The van der Waals surface area contributed by atoms with Gasteiger partial charge in [-0.3, -0.25) is 4.98 Å². The number of likely N-dealkylation sites (N-methyl/N-ethyl adjacent to an activating group) is 1. The highest BCUT2D eigenvalue weighted by Gasteiger charge is 2.31. The second-order valence-electron chi connectivity index (χ2n) is 4.92. The van der Waals surface area contributed by atoms with Gasteiger partial charge < -0.3 is 14.7 Å². The van der Waals surface area contributed by atoms with Crippen LogP contribution >= 0.6 is 0 Å². The fourth-order valence-corrected chi connectivity index (χ4v) is 2.07. The average Bonchev–Trinajstić information content (AvgIpc) is 3.00. The van der Waals surface area contributed by atoms with Crippen LogP contribution in [0.4, 0.5) is 4.79 Å². The molecule has 1 aliphatic rings. The Labute approximate surface area is 116 Å². The van der Waals surface area contributed by atoms with Crippen LogP contribution in [0, 0.1) is 6.92 Å². The Morgan fingerprint density at radius 3 is 3.00 bits per heavy atom. The molecule has 3 rings (SSSR count). The molecule has 0 bridgehead atoms. The van der Waals surface area contributed by atoms with Crippen LogP contribution in [0.3, 0.4) is 0 Å². The fourth-order valence-electron chi connectivity index (χ4n) is 2.07. The number of aryl methyl sites for hydroxylation is 1. The third kappa shape index (κ3) is 2.47. The first kappa shape index (κ1) is 12.6. The van der Waals surface area contributed by atoms with E-state index in [1.807, 2.05) is 19.1 Å². The molecule has 0 saturated carbocycles. The van der Waals surface area contributed by atoms with Gasteiger partial charge in [0, 0.05) is 25.4 Å². The molecule has 2 amide bonds. The topological polar surface area (TPSA) is 84.2 Å². The highest BCUT2D eigenvalue weighted by Crippen LogP contribution is 2.18. The third-order valence-corrected chi connectivity index (χ3v) is 3.22. The molecule has 7 nitrogen and oxygen atoms in total. The van der Waals surface area contributed by atoms with Gasteiger partial charge >= 0.3 is 6.03 Å². The van der Waals surface area contributed by atoms with Crippen LogP contribution in [0.15, 0.2) is 22.9 Å². The third-order valence-electron chi connectivity index (χ3n) is 3.22. The minimum atomic E-state index is -0.232. The number of nitrogens with zero attached hydrogens (tertiary/aromatic N) is 4. The summed E-state index contributed by atoms with van der Waals surface area (Å²) in [5.41, 5.74) is 2.00. The van der Waals surface area contributed by atoms with Gasteiger partial charge in [0.2, 0.25) is 0 Å². The number of nitrogens with one attached hydrogen (secondary N) is 1. The summed E-state index contributed by atoms with van der Waals surface area (Å²) in [6, 6.07) is 3.58. The largest absolute Gasteiger partial charge is 0.337 e. The smallest absolute Gasteiger partial charge is 0.317 e. The van der Waals surface area contributed by atoms with Crippen molar-refractivity contribution in [2.75, 3.05) is 13.6 Å². The Kier molecular flexibility index (Phi) is 3.09. The van der Waals surface area contributed by atoms with Crippen molar-refractivity contribution in [3.8, 4) is 0 Å². The summed E-state index contributed by atoms with van der Waals surface area (Å²) in [6.07, 6.45) is 2.36. The number of amides is 2. The van der Waals surface area contributed by atoms with E-state index in [0.717, 1.165) is 11.3 Å². The van der Waals surface area contributed by atoms with Gasteiger partial charge in [-0.05, 0) is 18.6 Å². The SMILES string of the molecule is Cc1ccc(Cc2noc(C3CN(C)C(=O)N3)n2)cn1. The minimum absolute atomic E-state index is 0.127. The molecule has 0 aromatic carbocycles. The van der Waals surface area contributed by atoms with Gasteiger partial charge in [0.15, 0.2) is 5.82 Å². The van der Waals surface area contributed by atoms with Crippen molar-refractivity contribution in [3.63, 3.8) is 0 Å². The summed E-state index contributed by atoms with van der Waals surface area (Å²) in [6.45, 7) is 2.47. The van der Waals surface area contributed by atoms with Crippen molar-refractivity contribution in [1.82, 2.24) is 25.3 Å². The lowest BCUT2D eigenvalue weighted by molar-refractivity contribution is 0.226. The first-order valence-corrected chi connectivity index (χ1v) is 6.37. The predicted molar refractivity (Wildman–Crippen MR) is 70.0 cm³/mol. The number of hydrogen-bond acceptors (Lipinski definition) is 5. The van der Waals surface area contributed by atoms with Crippen LogP contribution < -0.4 is 5.32 Å². The number of pyridine rings is 1. The van der Waals surface area contributed by atoms with E-state index in [4.69, 9.17) is 4.52 Å². The number of rotatable bonds is 3. The van der Waals surface area contributed by atoms with Crippen molar-refractivity contribution in [2.45, 2.75) is 19.4 Å². The molecule has 1 atom stereocenters. The Bertz CT molecular complexity index is 622. The summed E-state index contributed by atoms with van der Waals surface area (Å²) in [4.78, 5) is 21.5. The van der Waals surface area contributed by atoms with Crippen molar-refractivity contribution >= 4 is 6.03 Å². The summed E-state index contributed by atoms with van der Waals surface area (Å²) in [5.74, 6) is 1.03. The molecular formula is C13H15N5O2.